The van der Waals surface area contributed by atoms with Gasteiger partial charge in [-0.05, 0) is 43.6 Å². The fourth-order valence-electron chi connectivity index (χ4n) is 2.30. The van der Waals surface area contributed by atoms with Crippen molar-refractivity contribution < 1.29 is 23.0 Å². The molecule has 2 rings (SSSR count). The Morgan fingerprint density at radius 3 is 2.58 bits per heavy atom. The van der Waals surface area contributed by atoms with Gasteiger partial charge in [0.05, 0.1) is 5.60 Å². The van der Waals surface area contributed by atoms with E-state index in [4.69, 9.17) is 0 Å². The number of piperidine rings is 1. The van der Waals surface area contributed by atoms with Crippen molar-refractivity contribution in [3.63, 3.8) is 0 Å². The van der Waals surface area contributed by atoms with Gasteiger partial charge in [-0.1, -0.05) is 12.1 Å². The summed E-state index contributed by atoms with van der Waals surface area (Å²) in [4.78, 5) is 0. The van der Waals surface area contributed by atoms with E-state index < -0.39 is 12.0 Å². The standard InChI is InChI=1S/C13H16F3NO2/c14-13(15,16)19-11-3-1-2-10(8-11)9-12(18)4-6-17-7-5-12/h1-3,8,17-18H,4-7,9H2. The van der Waals surface area contributed by atoms with Crippen molar-refractivity contribution in [1.29, 1.82) is 0 Å². The molecule has 0 amide bonds. The number of rotatable bonds is 3. The first-order valence-electron chi connectivity index (χ1n) is 6.14. The summed E-state index contributed by atoms with van der Waals surface area (Å²) in [5.74, 6) is -0.248. The van der Waals surface area contributed by atoms with Crippen LogP contribution in [0.1, 0.15) is 18.4 Å². The van der Waals surface area contributed by atoms with Crippen LogP contribution in [-0.4, -0.2) is 30.2 Å². The van der Waals surface area contributed by atoms with E-state index in [9.17, 15) is 18.3 Å². The number of alkyl halides is 3. The lowest BCUT2D eigenvalue weighted by Gasteiger charge is -2.32. The molecule has 1 aromatic carbocycles. The number of nitrogens with one attached hydrogen (secondary N) is 1. The summed E-state index contributed by atoms with van der Waals surface area (Å²) in [6.45, 7) is 1.44. The highest BCUT2D eigenvalue weighted by Gasteiger charge is 2.32. The van der Waals surface area contributed by atoms with Gasteiger partial charge in [-0.2, -0.15) is 0 Å². The monoisotopic (exact) mass is 275 g/mol. The predicted molar refractivity (Wildman–Crippen MR) is 63.9 cm³/mol. The van der Waals surface area contributed by atoms with Crippen LogP contribution in [0.2, 0.25) is 0 Å². The lowest BCUT2D eigenvalue weighted by atomic mass is 9.86. The van der Waals surface area contributed by atoms with Crippen LogP contribution >= 0.6 is 0 Å². The summed E-state index contributed by atoms with van der Waals surface area (Å²) >= 11 is 0. The van der Waals surface area contributed by atoms with Crippen molar-refractivity contribution in [3.05, 3.63) is 29.8 Å². The lowest BCUT2D eigenvalue weighted by Crippen LogP contribution is -2.43. The summed E-state index contributed by atoms with van der Waals surface area (Å²) in [5, 5.41) is 13.5. The molecule has 6 heteroatoms. The van der Waals surface area contributed by atoms with Gasteiger partial charge >= 0.3 is 6.36 Å². The van der Waals surface area contributed by atoms with Crippen LogP contribution < -0.4 is 10.1 Å². The van der Waals surface area contributed by atoms with E-state index in [1.165, 1.54) is 18.2 Å². The summed E-state index contributed by atoms with van der Waals surface area (Å²) < 4.78 is 40.3. The maximum Gasteiger partial charge on any atom is 0.573 e. The molecule has 0 bridgehead atoms. The van der Waals surface area contributed by atoms with Crippen molar-refractivity contribution >= 4 is 0 Å². The van der Waals surface area contributed by atoms with E-state index in [1.54, 1.807) is 6.07 Å². The van der Waals surface area contributed by atoms with E-state index in [2.05, 4.69) is 10.1 Å². The van der Waals surface area contributed by atoms with Crippen LogP contribution in [0.4, 0.5) is 13.2 Å². The van der Waals surface area contributed by atoms with Crippen molar-refractivity contribution in [2.24, 2.45) is 0 Å². The molecule has 0 spiro atoms. The maximum absolute atomic E-state index is 12.1. The minimum absolute atomic E-state index is 0.248. The van der Waals surface area contributed by atoms with Crippen molar-refractivity contribution in [2.75, 3.05) is 13.1 Å². The van der Waals surface area contributed by atoms with Gasteiger partial charge in [0.1, 0.15) is 5.75 Å². The topological polar surface area (TPSA) is 41.5 Å². The molecule has 1 aliphatic heterocycles. The predicted octanol–water partition coefficient (Wildman–Crippen LogP) is 2.24. The van der Waals surface area contributed by atoms with Crippen LogP contribution in [0.3, 0.4) is 0 Å². The van der Waals surface area contributed by atoms with Crippen molar-refractivity contribution in [2.45, 2.75) is 31.2 Å². The number of aliphatic hydroxyl groups is 1. The van der Waals surface area contributed by atoms with Gasteiger partial charge in [-0.15, -0.1) is 13.2 Å². The third-order valence-corrected chi connectivity index (χ3v) is 3.20. The first kappa shape index (κ1) is 14.1. The third-order valence-electron chi connectivity index (χ3n) is 3.20. The average molecular weight is 275 g/mol. The molecular formula is C13H16F3NO2. The Hall–Kier alpha value is -1.27. The molecule has 0 saturated carbocycles. The average Bonchev–Trinajstić information content (AvgIpc) is 2.27. The van der Waals surface area contributed by atoms with Gasteiger partial charge in [0.2, 0.25) is 0 Å². The van der Waals surface area contributed by atoms with Gasteiger partial charge < -0.3 is 15.2 Å². The second-order valence-electron chi connectivity index (χ2n) is 4.85. The Bertz CT molecular complexity index is 428. The lowest BCUT2D eigenvalue weighted by molar-refractivity contribution is -0.274. The number of hydrogen-bond acceptors (Lipinski definition) is 3. The molecule has 0 aromatic heterocycles. The van der Waals surface area contributed by atoms with E-state index >= 15 is 0 Å². The largest absolute Gasteiger partial charge is 0.573 e. The second-order valence-corrected chi connectivity index (χ2v) is 4.85. The van der Waals surface area contributed by atoms with E-state index in [0.29, 0.717) is 24.8 Å². The highest BCUT2D eigenvalue weighted by molar-refractivity contribution is 5.29. The van der Waals surface area contributed by atoms with Crippen LogP contribution in [0.15, 0.2) is 24.3 Å². The first-order chi connectivity index (χ1) is 8.86. The van der Waals surface area contributed by atoms with Crippen LogP contribution in [0.5, 0.6) is 5.75 Å². The number of halogens is 3. The normalized spacial score (nSPS) is 19.2. The smallest absolute Gasteiger partial charge is 0.406 e. The van der Waals surface area contributed by atoms with E-state index in [0.717, 1.165) is 13.1 Å². The number of benzene rings is 1. The molecule has 1 fully saturated rings. The van der Waals surface area contributed by atoms with Crippen molar-refractivity contribution in [3.8, 4) is 5.75 Å². The molecule has 1 aromatic rings. The summed E-state index contributed by atoms with van der Waals surface area (Å²) in [6.07, 6.45) is -3.16. The summed E-state index contributed by atoms with van der Waals surface area (Å²) in [6, 6.07) is 5.78. The quantitative estimate of drug-likeness (QED) is 0.889. The van der Waals surface area contributed by atoms with E-state index in [1.807, 2.05) is 0 Å². The zero-order chi connectivity index (χ0) is 13.9. The van der Waals surface area contributed by atoms with Gasteiger partial charge in [0.15, 0.2) is 0 Å². The fourth-order valence-corrected chi connectivity index (χ4v) is 2.30. The Morgan fingerprint density at radius 1 is 1.26 bits per heavy atom. The SMILES string of the molecule is OC1(Cc2cccc(OC(F)(F)F)c2)CCNCC1. The van der Waals surface area contributed by atoms with Gasteiger partial charge in [0.25, 0.3) is 0 Å². The molecule has 0 aliphatic carbocycles. The van der Waals surface area contributed by atoms with Gasteiger partial charge in [-0.3, -0.25) is 0 Å². The number of hydrogen-bond donors (Lipinski definition) is 2. The second kappa shape index (κ2) is 5.38. The molecule has 3 nitrogen and oxygen atoms in total. The van der Waals surface area contributed by atoms with Gasteiger partial charge in [-0.25, -0.2) is 0 Å². The number of ether oxygens (including phenoxy) is 1. The van der Waals surface area contributed by atoms with Crippen LogP contribution in [0.25, 0.3) is 0 Å². The summed E-state index contributed by atoms with van der Waals surface area (Å²) in [5.41, 5.74) is -0.201. The highest BCUT2D eigenvalue weighted by Crippen LogP contribution is 2.27. The molecule has 1 heterocycles. The Balaban J connectivity index is 2.06. The molecular weight excluding hydrogens is 259 g/mol. The molecule has 1 saturated heterocycles. The molecule has 0 atom stereocenters. The molecule has 0 unspecified atom stereocenters. The van der Waals surface area contributed by atoms with Crippen LogP contribution in [-0.2, 0) is 6.42 Å². The Morgan fingerprint density at radius 2 is 1.95 bits per heavy atom. The zero-order valence-corrected chi connectivity index (χ0v) is 10.3. The molecule has 0 radical (unpaired) electrons. The molecule has 19 heavy (non-hydrogen) atoms. The fraction of sp³-hybridized carbons (Fsp3) is 0.538. The van der Waals surface area contributed by atoms with Gasteiger partial charge in [0, 0.05) is 6.42 Å². The Kier molecular flexibility index (Phi) is 4.01. The molecule has 106 valence electrons. The highest BCUT2D eigenvalue weighted by atomic mass is 19.4. The minimum atomic E-state index is -4.69. The third kappa shape index (κ3) is 4.40. The van der Waals surface area contributed by atoms with Crippen LogP contribution in [0, 0.1) is 0 Å². The minimum Gasteiger partial charge on any atom is -0.406 e. The maximum atomic E-state index is 12.1. The molecule has 1 aliphatic rings. The summed E-state index contributed by atoms with van der Waals surface area (Å²) in [7, 11) is 0. The Labute approximate surface area is 109 Å². The zero-order valence-electron chi connectivity index (χ0n) is 10.3. The molecule has 2 N–H and O–H groups in total. The van der Waals surface area contributed by atoms with Crippen molar-refractivity contribution in [1.82, 2.24) is 5.32 Å². The van der Waals surface area contributed by atoms with E-state index in [-0.39, 0.29) is 5.75 Å². The first-order valence-corrected chi connectivity index (χ1v) is 6.14.